The lowest BCUT2D eigenvalue weighted by atomic mass is 10.2. The molecule has 0 amide bonds. The lowest BCUT2D eigenvalue weighted by Gasteiger charge is -2.21. The van der Waals surface area contributed by atoms with Gasteiger partial charge in [-0.05, 0) is 36.4 Å². The van der Waals surface area contributed by atoms with Crippen molar-refractivity contribution in [2.24, 2.45) is 0 Å². The lowest BCUT2D eigenvalue weighted by molar-refractivity contribution is -0.137. The first-order chi connectivity index (χ1) is 13.2. The largest absolute Gasteiger partial charge is 0.416 e. The van der Waals surface area contributed by atoms with E-state index in [1.165, 1.54) is 31.1 Å². The Morgan fingerprint density at radius 2 is 1.48 bits per heavy atom. The van der Waals surface area contributed by atoms with E-state index in [4.69, 9.17) is 0 Å². The highest BCUT2D eigenvalue weighted by atomic mass is 32.2. The fourth-order valence-electron chi connectivity index (χ4n) is 2.40. The summed E-state index contributed by atoms with van der Waals surface area (Å²) in [6.45, 7) is 0. The molecule has 0 aromatic heterocycles. The lowest BCUT2D eigenvalue weighted by Crippen LogP contribution is -2.23. The van der Waals surface area contributed by atoms with Gasteiger partial charge in [0.15, 0.2) is 0 Å². The molecule has 0 unspecified atom stereocenters. The molecule has 0 bridgehead atoms. The van der Waals surface area contributed by atoms with Gasteiger partial charge in [0.1, 0.15) is 0 Å². The van der Waals surface area contributed by atoms with E-state index in [9.17, 15) is 30.0 Å². The Balaban J connectivity index is 2.57. The van der Waals surface area contributed by atoms with Crippen molar-refractivity contribution in [2.45, 2.75) is 16.0 Å². The van der Waals surface area contributed by atoms with Gasteiger partial charge in [-0.1, -0.05) is 6.07 Å². The van der Waals surface area contributed by atoms with Gasteiger partial charge in [-0.15, -0.1) is 0 Å². The van der Waals surface area contributed by atoms with Crippen molar-refractivity contribution < 1.29 is 30.0 Å². The molecule has 0 aliphatic rings. The average Bonchev–Trinajstić information content (AvgIpc) is 2.60. The van der Waals surface area contributed by atoms with E-state index < -0.39 is 36.7 Å². The topological polar surface area (TPSA) is 86.8 Å². The first-order valence-corrected chi connectivity index (χ1v) is 11.0. The Morgan fingerprint density at radius 1 is 0.862 bits per heavy atom. The second-order valence-corrected chi connectivity index (χ2v) is 10.3. The van der Waals surface area contributed by atoms with Gasteiger partial charge in [0.25, 0.3) is 10.0 Å². The fraction of sp³-hybridized carbons (Fsp3) is 0.294. The molecule has 29 heavy (non-hydrogen) atoms. The van der Waals surface area contributed by atoms with Gasteiger partial charge >= 0.3 is 6.18 Å². The molecule has 1 N–H and O–H groups in total. The monoisotopic (exact) mass is 451 g/mol. The maximum absolute atomic E-state index is 12.9. The first kappa shape index (κ1) is 23.0. The fourth-order valence-corrected chi connectivity index (χ4v) is 4.44. The summed E-state index contributed by atoms with van der Waals surface area (Å²) in [6.07, 6.45) is -4.71. The highest BCUT2D eigenvalue weighted by Crippen LogP contribution is 2.33. The Hall–Kier alpha value is -2.31. The highest BCUT2D eigenvalue weighted by Gasteiger charge is 2.32. The Kier molecular flexibility index (Phi) is 6.21. The standard InChI is InChI=1S/C17H20F3N3O4S2/c1-22(2)16-9-8-14(29(26,27)23(3)4)11-15(16)21-28(24,25)13-7-5-6-12(10-13)17(18,19)20/h5-11,21H,1-4H3. The van der Waals surface area contributed by atoms with Gasteiger partial charge in [-0.3, -0.25) is 4.72 Å². The molecule has 0 radical (unpaired) electrons. The molecule has 0 spiro atoms. The van der Waals surface area contributed by atoms with E-state index >= 15 is 0 Å². The van der Waals surface area contributed by atoms with Crippen molar-refractivity contribution in [1.82, 2.24) is 4.31 Å². The van der Waals surface area contributed by atoms with E-state index in [0.717, 1.165) is 28.6 Å². The van der Waals surface area contributed by atoms with Crippen LogP contribution in [0.3, 0.4) is 0 Å². The summed E-state index contributed by atoms with van der Waals surface area (Å²) in [5, 5.41) is 0. The molecular weight excluding hydrogens is 431 g/mol. The molecule has 7 nitrogen and oxygen atoms in total. The number of sulfonamides is 2. The van der Waals surface area contributed by atoms with E-state index in [-0.39, 0.29) is 10.6 Å². The number of benzene rings is 2. The Bertz CT molecular complexity index is 1110. The Labute approximate surface area is 167 Å². The third-order valence-corrected chi connectivity index (χ3v) is 7.12. The summed E-state index contributed by atoms with van der Waals surface area (Å²) >= 11 is 0. The zero-order valence-electron chi connectivity index (χ0n) is 16.0. The number of nitrogens with zero attached hydrogens (tertiary/aromatic N) is 2. The smallest absolute Gasteiger partial charge is 0.376 e. The van der Waals surface area contributed by atoms with Gasteiger partial charge in [-0.25, -0.2) is 21.1 Å². The maximum atomic E-state index is 12.9. The van der Waals surface area contributed by atoms with Crippen LogP contribution in [0.2, 0.25) is 0 Å². The summed E-state index contributed by atoms with van der Waals surface area (Å²) in [5.41, 5.74) is -0.870. The minimum atomic E-state index is -4.71. The predicted octanol–water partition coefficient (Wildman–Crippen LogP) is 2.82. The van der Waals surface area contributed by atoms with Crippen LogP contribution in [-0.2, 0) is 26.2 Å². The van der Waals surface area contributed by atoms with Gasteiger partial charge in [0, 0.05) is 28.2 Å². The van der Waals surface area contributed by atoms with Crippen molar-refractivity contribution in [3.63, 3.8) is 0 Å². The van der Waals surface area contributed by atoms with Crippen molar-refractivity contribution in [1.29, 1.82) is 0 Å². The van der Waals surface area contributed by atoms with Crippen LogP contribution < -0.4 is 9.62 Å². The second-order valence-electron chi connectivity index (χ2n) is 6.49. The minimum absolute atomic E-state index is 0.0877. The van der Waals surface area contributed by atoms with Crippen LogP contribution in [0.4, 0.5) is 24.5 Å². The number of rotatable bonds is 6. The zero-order valence-corrected chi connectivity index (χ0v) is 17.7. The first-order valence-electron chi connectivity index (χ1n) is 8.10. The molecule has 0 saturated carbocycles. The third-order valence-electron chi connectivity index (χ3n) is 3.94. The molecule has 0 atom stereocenters. The zero-order chi connectivity index (χ0) is 22.2. The van der Waals surface area contributed by atoms with Crippen LogP contribution in [0.1, 0.15) is 5.56 Å². The molecule has 160 valence electrons. The third kappa shape index (κ3) is 5.00. The van der Waals surface area contributed by atoms with Crippen molar-refractivity contribution in [2.75, 3.05) is 37.8 Å². The number of halogens is 3. The second kappa shape index (κ2) is 7.84. The van der Waals surface area contributed by atoms with Crippen LogP contribution in [0, 0.1) is 0 Å². The molecule has 2 rings (SSSR count). The molecule has 0 aliphatic heterocycles. The molecule has 12 heteroatoms. The molecule has 2 aromatic rings. The van der Waals surface area contributed by atoms with Gasteiger partial charge in [-0.2, -0.15) is 13.2 Å². The van der Waals surface area contributed by atoms with E-state index in [0.29, 0.717) is 11.8 Å². The molecule has 0 saturated heterocycles. The number of anilines is 2. The summed E-state index contributed by atoms with van der Waals surface area (Å²) in [5.74, 6) is 0. The average molecular weight is 451 g/mol. The van der Waals surface area contributed by atoms with E-state index in [2.05, 4.69) is 4.72 Å². The quantitative estimate of drug-likeness (QED) is 0.730. The van der Waals surface area contributed by atoms with Gasteiger partial charge in [0.05, 0.1) is 26.7 Å². The van der Waals surface area contributed by atoms with E-state index in [1.54, 1.807) is 14.1 Å². The number of hydrogen-bond donors (Lipinski definition) is 1. The molecule has 0 aliphatic carbocycles. The number of nitrogens with one attached hydrogen (secondary N) is 1. The summed E-state index contributed by atoms with van der Waals surface area (Å²) in [7, 11) is -2.42. The predicted molar refractivity (Wildman–Crippen MR) is 104 cm³/mol. The summed E-state index contributed by atoms with van der Waals surface area (Å²) in [4.78, 5) is 0.767. The molecule has 0 heterocycles. The molecule has 2 aromatic carbocycles. The minimum Gasteiger partial charge on any atom is -0.376 e. The van der Waals surface area contributed by atoms with Crippen molar-refractivity contribution in [3.05, 3.63) is 48.0 Å². The summed E-state index contributed by atoms with van der Waals surface area (Å²) < 4.78 is 92.0. The van der Waals surface area contributed by atoms with Gasteiger partial charge in [0.2, 0.25) is 10.0 Å². The van der Waals surface area contributed by atoms with Crippen LogP contribution >= 0.6 is 0 Å². The van der Waals surface area contributed by atoms with Crippen LogP contribution in [0.15, 0.2) is 52.3 Å². The molecule has 0 fully saturated rings. The van der Waals surface area contributed by atoms with E-state index in [1.807, 2.05) is 0 Å². The van der Waals surface area contributed by atoms with Crippen LogP contribution in [0.5, 0.6) is 0 Å². The SMILES string of the molecule is CN(C)c1ccc(S(=O)(=O)N(C)C)cc1NS(=O)(=O)c1cccc(C(F)(F)F)c1. The number of alkyl halides is 3. The van der Waals surface area contributed by atoms with Crippen molar-refractivity contribution >= 4 is 31.4 Å². The maximum Gasteiger partial charge on any atom is 0.416 e. The number of hydrogen-bond acceptors (Lipinski definition) is 5. The Morgan fingerprint density at radius 3 is 2.00 bits per heavy atom. The normalized spacial score (nSPS) is 12.8. The summed E-state index contributed by atoms with van der Waals surface area (Å²) in [6, 6.07) is 7.11. The highest BCUT2D eigenvalue weighted by molar-refractivity contribution is 7.92. The molecular formula is C17H20F3N3O4S2. The van der Waals surface area contributed by atoms with Crippen LogP contribution in [-0.4, -0.2) is 49.3 Å². The van der Waals surface area contributed by atoms with Gasteiger partial charge < -0.3 is 4.90 Å². The van der Waals surface area contributed by atoms with Crippen molar-refractivity contribution in [3.8, 4) is 0 Å². The van der Waals surface area contributed by atoms with Crippen LogP contribution in [0.25, 0.3) is 0 Å².